The zero-order chi connectivity index (χ0) is 22.6. The summed E-state index contributed by atoms with van der Waals surface area (Å²) in [7, 11) is 0. The number of morpholine rings is 1. The van der Waals surface area contributed by atoms with Crippen molar-refractivity contribution in [1.29, 1.82) is 0 Å². The highest BCUT2D eigenvalue weighted by Crippen LogP contribution is 2.23. The van der Waals surface area contributed by atoms with E-state index in [-0.39, 0.29) is 11.8 Å². The maximum absolute atomic E-state index is 12.8. The molecule has 1 saturated heterocycles. The molecule has 3 aromatic rings. The second-order valence-electron chi connectivity index (χ2n) is 8.39. The third-order valence-corrected chi connectivity index (χ3v) is 5.89. The van der Waals surface area contributed by atoms with E-state index in [1.807, 2.05) is 42.5 Å². The number of rotatable bonds is 6. The van der Waals surface area contributed by atoms with Crippen molar-refractivity contribution in [3.8, 4) is 11.1 Å². The largest absolute Gasteiger partial charge is 0.378 e. The fourth-order valence-corrected chi connectivity index (χ4v) is 3.81. The third-order valence-electron chi connectivity index (χ3n) is 5.89. The molecule has 168 valence electrons. The van der Waals surface area contributed by atoms with E-state index in [1.54, 1.807) is 24.5 Å². The molecule has 0 spiro atoms. The van der Waals surface area contributed by atoms with Gasteiger partial charge in [-0.15, -0.1) is 0 Å². The van der Waals surface area contributed by atoms with Crippen LogP contribution in [0.3, 0.4) is 0 Å². The van der Waals surface area contributed by atoms with Crippen molar-refractivity contribution in [1.82, 2.24) is 10.3 Å². The molecule has 7 nitrogen and oxygen atoms in total. The molecule has 1 aliphatic carbocycles. The number of nitrogens with zero attached hydrogens (tertiary/aromatic N) is 2. The predicted octanol–water partition coefficient (Wildman–Crippen LogP) is 3.73. The van der Waals surface area contributed by atoms with Gasteiger partial charge in [0.15, 0.2) is 0 Å². The minimum atomic E-state index is -0.219. The van der Waals surface area contributed by atoms with Crippen molar-refractivity contribution in [3.05, 3.63) is 78.1 Å². The summed E-state index contributed by atoms with van der Waals surface area (Å²) in [6.07, 6.45) is 5.39. The smallest absolute Gasteiger partial charge is 0.257 e. The quantitative estimate of drug-likeness (QED) is 0.608. The molecule has 1 aliphatic heterocycles. The van der Waals surface area contributed by atoms with Gasteiger partial charge in [-0.1, -0.05) is 12.1 Å². The lowest BCUT2D eigenvalue weighted by Crippen LogP contribution is -2.36. The number of amides is 2. The maximum Gasteiger partial charge on any atom is 0.257 e. The fourth-order valence-electron chi connectivity index (χ4n) is 3.81. The van der Waals surface area contributed by atoms with E-state index in [0.717, 1.165) is 61.6 Å². The summed E-state index contributed by atoms with van der Waals surface area (Å²) in [5, 5.41) is 5.93. The average molecular weight is 443 g/mol. The van der Waals surface area contributed by atoms with Crippen molar-refractivity contribution in [2.75, 3.05) is 36.5 Å². The number of carbonyl (C=O) groups is 2. The molecule has 2 amide bonds. The lowest BCUT2D eigenvalue weighted by molar-refractivity contribution is 0.0950. The monoisotopic (exact) mass is 442 g/mol. The Labute approximate surface area is 192 Å². The molecule has 0 unspecified atom stereocenters. The highest BCUT2D eigenvalue weighted by atomic mass is 16.5. The van der Waals surface area contributed by atoms with Crippen molar-refractivity contribution in [3.63, 3.8) is 0 Å². The molecule has 2 heterocycles. The molecular weight excluding hydrogens is 416 g/mol. The Morgan fingerprint density at radius 3 is 2.27 bits per heavy atom. The molecule has 0 atom stereocenters. The molecule has 2 N–H and O–H groups in total. The number of benzene rings is 2. The van der Waals surface area contributed by atoms with Crippen LogP contribution >= 0.6 is 0 Å². The van der Waals surface area contributed by atoms with E-state index in [9.17, 15) is 9.59 Å². The number of pyridine rings is 1. The van der Waals surface area contributed by atoms with Crippen LogP contribution in [0.1, 0.15) is 33.6 Å². The van der Waals surface area contributed by atoms with Crippen molar-refractivity contribution in [2.45, 2.75) is 18.9 Å². The lowest BCUT2D eigenvalue weighted by Gasteiger charge is -2.28. The van der Waals surface area contributed by atoms with Crippen LogP contribution in [0.2, 0.25) is 0 Å². The van der Waals surface area contributed by atoms with E-state index in [1.165, 1.54) is 0 Å². The number of hydrogen-bond acceptors (Lipinski definition) is 5. The van der Waals surface area contributed by atoms with Crippen LogP contribution in [-0.4, -0.2) is 49.1 Å². The van der Waals surface area contributed by atoms with Crippen LogP contribution in [0.25, 0.3) is 11.1 Å². The van der Waals surface area contributed by atoms with E-state index >= 15 is 0 Å². The van der Waals surface area contributed by atoms with Crippen LogP contribution in [0, 0.1) is 0 Å². The summed E-state index contributed by atoms with van der Waals surface area (Å²) in [4.78, 5) is 31.5. The van der Waals surface area contributed by atoms with Gasteiger partial charge in [-0.25, -0.2) is 0 Å². The van der Waals surface area contributed by atoms with Gasteiger partial charge in [-0.05, 0) is 60.9 Å². The number of anilines is 2. The minimum absolute atomic E-state index is 0.0463. The molecule has 5 rings (SSSR count). The van der Waals surface area contributed by atoms with Gasteiger partial charge >= 0.3 is 0 Å². The first-order valence-corrected chi connectivity index (χ1v) is 11.3. The van der Waals surface area contributed by atoms with Crippen LogP contribution in [-0.2, 0) is 4.74 Å². The minimum Gasteiger partial charge on any atom is -0.378 e. The fraction of sp³-hybridized carbons (Fsp3) is 0.269. The number of hydrogen-bond donors (Lipinski definition) is 2. The summed E-state index contributed by atoms with van der Waals surface area (Å²) in [5.74, 6) is -0.265. The Morgan fingerprint density at radius 2 is 1.58 bits per heavy atom. The highest BCUT2D eigenvalue weighted by Gasteiger charge is 2.23. The number of ether oxygens (including phenoxy) is 1. The molecular formula is C26H26N4O3. The van der Waals surface area contributed by atoms with Gasteiger partial charge in [0.25, 0.3) is 11.8 Å². The highest BCUT2D eigenvalue weighted by molar-refractivity contribution is 6.04. The molecule has 2 aromatic carbocycles. The number of carbonyl (C=O) groups excluding carboxylic acids is 2. The number of nitrogens with one attached hydrogen (secondary N) is 2. The zero-order valence-corrected chi connectivity index (χ0v) is 18.3. The Morgan fingerprint density at radius 1 is 0.848 bits per heavy atom. The average Bonchev–Trinajstić information content (AvgIpc) is 3.69. The van der Waals surface area contributed by atoms with Crippen molar-refractivity contribution in [2.24, 2.45) is 0 Å². The molecule has 2 aliphatic rings. The first-order valence-electron chi connectivity index (χ1n) is 11.3. The normalized spacial score (nSPS) is 15.7. The summed E-state index contributed by atoms with van der Waals surface area (Å²) >= 11 is 0. The van der Waals surface area contributed by atoms with Crippen molar-refractivity contribution < 1.29 is 14.3 Å². The summed E-state index contributed by atoms with van der Waals surface area (Å²) in [5.41, 5.74) is 4.67. The van der Waals surface area contributed by atoms with Crippen LogP contribution in [0.15, 0.2) is 67.0 Å². The Hall–Kier alpha value is -3.71. The van der Waals surface area contributed by atoms with E-state index in [4.69, 9.17) is 4.74 Å². The molecule has 0 radical (unpaired) electrons. The van der Waals surface area contributed by atoms with E-state index in [0.29, 0.717) is 17.2 Å². The van der Waals surface area contributed by atoms with Gasteiger partial charge in [-0.3, -0.25) is 14.6 Å². The standard InChI is InChI=1S/C26H26N4O3/c31-25(28-22-5-6-22)19-3-1-18(2-4-19)20-15-21(17-27-16-20)26(32)29-23-7-9-24(10-8-23)30-11-13-33-14-12-30/h1-4,7-10,15-17,22H,5-6,11-14H2,(H,28,31)(H,29,32). The summed E-state index contributed by atoms with van der Waals surface area (Å²) in [6, 6.07) is 17.3. The predicted molar refractivity (Wildman–Crippen MR) is 128 cm³/mol. The van der Waals surface area contributed by atoms with Gasteiger partial charge in [0.1, 0.15) is 0 Å². The number of aromatic nitrogens is 1. The third kappa shape index (κ3) is 5.21. The van der Waals surface area contributed by atoms with Gasteiger partial charge in [0, 0.05) is 54.0 Å². The SMILES string of the molecule is O=C(Nc1ccc(N2CCOCC2)cc1)c1cncc(-c2ccc(C(=O)NC3CC3)cc2)c1. The van der Waals surface area contributed by atoms with Gasteiger partial charge in [0.05, 0.1) is 18.8 Å². The van der Waals surface area contributed by atoms with Gasteiger partial charge in [0.2, 0.25) is 0 Å². The Kier molecular flexibility index (Phi) is 6.04. The molecule has 1 aromatic heterocycles. The van der Waals surface area contributed by atoms with E-state index in [2.05, 4.69) is 20.5 Å². The first kappa shape index (κ1) is 21.2. The van der Waals surface area contributed by atoms with Gasteiger partial charge < -0.3 is 20.3 Å². The van der Waals surface area contributed by atoms with Crippen LogP contribution < -0.4 is 15.5 Å². The lowest BCUT2D eigenvalue weighted by atomic mass is 10.0. The van der Waals surface area contributed by atoms with Crippen LogP contribution in [0.4, 0.5) is 11.4 Å². The van der Waals surface area contributed by atoms with Gasteiger partial charge in [-0.2, -0.15) is 0 Å². The first-order chi connectivity index (χ1) is 16.2. The van der Waals surface area contributed by atoms with Crippen LogP contribution in [0.5, 0.6) is 0 Å². The molecule has 1 saturated carbocycles. The molecule has 7 heteroatoms. The summed E-state index contributed by atoms with van der Waals surface area (Å²) in [6.45, 7) is 3.21. The molecule has 2 fully saturated rings. The second kappa shape index (κ2) is 9.42. The maximum atomic E-state index is 12.8. The Bertz CT molecular complexity index is 1130. The van der Waals surface area contributed by atoms with Crippen molar-refractivity contribution >= 4 is 23.2 Å². The Balaban J connectivity index is 1.24. The zero-order valence-electron chi connectivity index (χ0n) is 18.3. The molecule has 33 heavy (non-hydrogen) atoms. The van der Waals surface area contributed by atoms with E-state index < -0.39 is 0 Å². The summed E-state index contributed by atoms with van der Waals surface area (Å²) < 4.78 is 5.40. The second-order valence-corrected chi connectivity index (χ2v) is 8.39. The molecule has 0 bridgehead atoms. The topological polar surface area (TPSA) is 83.6 Å².